The normalized spacial score (nSPS) is 16.2. The van der Waals surface area contributed by atoms with E-state index in [1.54, 1.807) is 12.1 Å². The van der Waals surface area contributed by atoms with Crippen LogP contribution >= 0.6 is 11.6 Å². The highest BCUT2D eigenvalue weighted by Crippen LogP contribution is 2.30. The van der Waals surface area contributed by atoms with Crippen LogP contribution in [0.3, 0.4) is 0 Å². The molecule has 0 saturated carbocycles. The van der Waals surface area contributed by atoms with Crippen LogP contribution in [0.5, 0.6) is 5.75 Å². The van der Waals surface area contributed by atoms with Gasteiger partial charge in [0, 0.05) is 0 Å². The summed E-state index contributed by atoms with van der Waals surface area (Å²) in [6.45, 7) is 0.659. The fraction of sp³-hybridized carbons (Fsp3) is 0.130. The van der Waals surface area contributed by atoms with E-state index in [1.807, 2.05) is 72.8 Å². The third-order valence-corrected chi connectivity index (χ3v) is 4.92. The molecule has 1 aliphatic heterocycles. The van der Waals surface area contributed by atoms with Gasteiger partial charge in [0.05, 0.1) is 17.3 Å². The Balaban J connectivity index is 1.55. The Labute approximate surface area is 169 Å². The maximum Gasteiger partial charge on any atom is 0.256 e. The molecule has 1 atom stereocenters. The number of carbonyl (C=O) groups is 1. The average Bonchev–Trinajstić information content (AvgIpc) is 3.07. The highest BCUT2D eigenvalue weighted by Gasteiger charge is 2.37. The molecule has 4 nitrogen and oxygen atoms in total. The highest BCUT2D eigenvalue weighted by atomic mass is 35.5. The number of ether oxygens (including phenoxy) is 1. The average molecular weight is 391 g/mol. The van der Waals surface area contributed by atoms with Crippen LogP contribution in [-0.4, -0.2) is 29.8 Å². The smallest absolute Gasteiger partial charge is 0.256 e. The van der Waals surface area contributed by atoms with Crippen molar-refractivity contribution >= 4 is 23.2 Å². The molecule has 140 valence electrons. The zero-order chi connectivity index (χ0) is 19.3. The molecule has 1 aliphatic rings. The molecule has 0 bridgehead atoms. The first-order chi connectivity index (χ1) is 13.7. The molecule has 0 aromatic heterocycles. The molecule has 1 heterocycles. The summed E-state index contributed by atoms with van der Waals surface area (Å²) >= 11 is 6.12. The standard InChI is InChI=1S/C23H19ClN2O2/c24-19-13-7-8-14-20(19)28-16-15-26-23(27)21(17-9-3-1-4-10-17)22(25-26)18-11-5-2-6-12-18/h1-14,21H,15-16H2. The van der Waals surface area contributed by atoms with Crippen molar-refractivity contribution in [1.82, 2.24) is 5.01 Å². The summed E-state index contributed by atoms with van der Waals surface area (Å²) in [5.74, 6) is 0.138. The lowest BCUT2D eigenvalue weighted by Crippen LogP contribution is -2.30. The summed E-state index contributed by atoms with van der Waals surface area (Å²) in [6.07, 6.45) is 0. The lowest BCUT2D eigenvalue weighted by molar-refractivity contribution is -0.130. The number of para-hydroxylation sites is 1. The van der Waals surface area contributed by atoms with E-state index < -0.39 is 5.92 Å². The Morgan fingerprint density at radius 3 is 2.25 bits per heavy atom. The van der Waals surface area contributed by atoms with Crippen LogP contribution in [0.4, 0.5) is 0 Å². The largest absolute Gasteiger partial charge is 0.490 e. The van der Waals surface area contributed by atoms with E-state index in [-0.39, 0.29) is 5.91 Å². The zero-order valence-corrected chi connectivity index (χ0v) is 15.9. The van der Waals surface area contributed by atoms with Gasteiger partial charge in [0.25, 0.3) is 5.91 Å². The van der Waals surface area contributed by atoms with Crippen molar-refractivity contribution in [3.8, 4) is 5.75 Å². The van der Waals surface area contributed by atoms with Crippen molar-refractivity contribution in [3.63, 3.8) is 0 Å². The molecule has 3 aromatic rings. The molecule has 0 N–H and O–H groups in total. The lowest BCUT2D eigenvalue weighted by Gasteiger charge is -2.15. The molecule has 0 radical (unpaired) electrons. The molecule has 1 unspecified atom stereocenters. The van der Waals surface area contributed by atoms with E-state index in [2.05, 4.69) is 5.10 Å². The Kier molecular flexibility index (Phi) is 5.40. The first kappa shape index (κ1) is 18.3. The molecule has 4 rings (SSSR count). The van der Waals surface area contributed by atoms with Gasteiger partial charge in [0.1, 0.15) is 18.3 Å². The fourth-order valence-electron chi connectivity index (χ4n) is 3.25. The van der Waals surface area contributed by atoms with Crippen LogP contribution < -0.4 is 4.74 Å². The predicted octanol–water partition coefficient (Wildman–Crippen LogP) is 4.75. The van der Waals surface area contributed by atoms with Gasteiger partial charge >= 0.3 is 0 Å². The molecular weight excluding hydrogens is 372 g/mol. The highest BCUT2D eigenvalue weighted by molar-refractivity contribution is 6.32. The molecule has 1 amide bonds. The lowest BCUT2D eigenvalue weighted by atomic mass is 9.90. The molecule has 5 heteroatoms. The van der Waals surface area contributed by atoms with E-state index in [4.69, 9.17) is 16.3 Å². The van der Waals surface area contributed by atoms with Crippen LogP contribution in [0.2, 0.25) is 5.02 Å². The van der Waals surface area contributed by atoms with Crippen LogP contribution in [0.15, 0.2) is 90.0 Å². The van der Waals surface area contributed by atoms with Gasteiger partial charge in [-0.1, -0.05) is 84.4 Å². The van der Waals surface area contributed by atoms with E-state index in [9.17, 15) is 4.79 Å². The topological polar surface area (TPSA) is 41.9 Å². The Hall–Kier alpha value is -3.11. The number of rotatable bonds is 6. The second-order valence-electron chi connectivity index (χ2n) is 6.44. The maximum absolute atomic E-state index is 13.1. The number of nitrogens with zero attached hydrogens (tertiary/aromatic N) is 2. The van der Waals surface area contributed by atoms with Gasteiger partial charge in [-0.15, -0.1) is 0 Å². The molecule has 0 fully saturated rings. The summed E-state index contributed by atoms with van der Waals surface area (Å²) < 4.78 is 5.73. The molecule has 3 aromatic carbocycles. The first-order valence-electron chi connectivity index (χ1n) is 9.11. The Morgan fingerprint density at radius 1 is 0.893 bits per heavy atom. The van der Waals surface area contributed by atoms with Crippen LogP contribution in [0.25, 0.3) is 0 Å². The predicted molar refractivity (Wildman–Crippen MR) is 111 cm³/mol. The third kappa shape index (κ3) is 3.78. The third-order valence-electron chi connectivity index (χ3n) is 4.60. The number of hydrogen-bond donors (Lipinski definition) is 0. The minimum Gasteiger partial charge on any atom is -0.490 e. The van der Waals surface area contributed by atoms with Crippen molar-refractivity contribution in [3.05, 3.63) is 101 Å². The quantitative estimate of drug-likeness (QED) is 0.609. The monoisotopic (exact) mass is 390 g/mol. The minimum absolute atomic E-state index is 0.0483. The minimum atomic E-state index is -0.413. The fourth-order valence-corrected chi connectivity index (χ4v) is 3.44. The van der Waals surface area contributed by atoms with Crippen LogP contribution in [0.1, 0.15) is 17.0 Å². The Bertz CT molecular complexity index is 990. The van der Waals surface area contributed by atoms with Crippen molar-refractivity contribution in [2.24, 2.45) is 5.10 Å². The number of hydrazone groups is 1. The summed E-state index contributed by atoms with van der Waals surface area (Å²) in [6, 6.07) is 26.8. The van der Waals surface area contributed by atoms with E-state index in [1.165, 1.54) is 5.01 Å². The summed E-state index contributed by atoms with van der Waals surface area (Å²) in [5, 5.41) is 6.68. The van der Waals surface area contributed by atoms with Gasteiger partial charge in [-0.25, -0.2) is 5.01 Å². The van der Waals surface area contributed by atoms with E-state index >= 15 is 0 Å². The van der Waals surface area contributed by atoms with E-state index in [0.29, 0.717) is 23.9 Å². The molecule has 0 aliphatic carbocycles. The van der Waals surface area contributed by atoms with Gasteiger partial charge in [0.15, 0.2) is 0 Å². The van der Waals surface area contributed by atoms with Crippen molar-refractivity contribution in [1.29, 1.82) is 0 Å². The van der Waals surface area contributed by atoms with Crippen LogP contribution in [-0.2, 0) is 4.79 Å². The van der Waals surface area contributed by atoms with Gasteiger partial charge in [0.2, 0.25) is 0 Å². The Morgan fingerprint density at radius 2 is 1.54 bits per heavy atom. The number of hydrogen-bond acceptors (Lipinski definition) is 3. The van der Waals surface area contributed by atoms with Crippen molar-refractivity contribution in [2.45, 2.75) is 5.92 Å². The maximum atomic E-state index is 13.1. The van der Waals surface area contributed by atoms with Crippen molar-refractivity contribution < 1.29 is 9.53 Å². The van der Waals surface area contributed by atoms with E-state index in [0.717, 1.165) is 16.8 Å². The van der Waals surface area contributed by atoms with Gasteiger partial charge in [-0.2, -0.15) is 5.10 Å². The molecule has 28 heavy (non-hydrogen) atoms. The summed E-state index contributed by atoms with van der Waals surface area (Å²) in [4.78, 5) is 13.1. The van der Waals surface area contributed by atoms with Gasteiger partial charge in [-0.05, 0) is 23.3 Å². The van der Waals surface area contributed by atoms with Crippen LogP contribution in [0, 0.1) is 0 Å². The SMILES string of the molecule is O=C1C(c2ccccc2)C(c2ccccc2)=NN1CCOc1ccccc1Cl. The van der Waals surface area contributed by atoms with Gasteiger partial charge < -0.3 is 4.74 Å². The second-order valence-corrected chi connectivity index (χ2v) is 6.84. The molecular formula is C23H19ClN2O2. The molecule has 0 spiro atoms. The van der Waals surface area contributed by atoms with Gasteiger partial charge in [-0.3, -0.25) is 4.79 Å². The first-order valence-corrected chi connectivity index (χ1v) is 9.49. The number of benzene rings is 3. The van der Waals surface area contributed by atoms with Crippen molar-refractivity contribution in [2.75, 3.05) is 13.2 Å². The molecule has 0 saturated heterocycles. The zero-order valence-electron chi connectivity index (χ0n) is 15.2. The number of amides is 1. The second kappa shape index (κ2) is 8.28. The summed E-state index contributed by atoms with van der Waals surface area (Å²) in [7, 11) is 0. The number of carbonyl (C=O) groups excluding carboxylic acids is 1. The number of halogens is 1. The summed E-state index contributed by atoms with van der Waals surface area (Å²) in [5.41, 5.74) is 2.64.